The van der Waals surface area contributed by atoms with Crippen LogP contribution in [-0.4, -0.2) is 33.4 Å². The Morgan fingerprint density at radius 2 is 1.81 bits per heavy atom. The Bertz CT molecular complexity index is 1390. The maximum absolute atomic E-state index is 14.2. The summed E-state index contributed by atoms with van der Waals surface area (Å²) in [6.45, 7) is 7.16. The Hall–Kier alpha value is -2.96. The Morgan fingerprint density at radius 3 is 2.51 bits per heavy atom. The van der Waals surface area contributed by atoms with Crippen molar-refractivity contribution < 1.29 is 9.53 Å². The standard InChI is InChI=1S/C30H32ClN3O2S/c1-4-36-26-14-11-21(23-16-32-20(3)33-17-23)15-22(26)18-34(24-12-9-19(2)10-13-24)30(35)29-28(31)25-7-5-6-8-27(25)37-29/h5-8,11,14-17,19,24H,4,9-10,12-13,18H2,1-3H3. The fraction of sp³-hybridized carbons (Fsp3) is 0.367. The van der Waals surface area contributed by atoms with Gasteiger partial charge in [0.05, 0.1) is 11.6 Å². The molecule has 1 amide bonds. The van der Waals surface area contributed by atoms with Crippen molar-refractivity contribution in [2.45, 2.75) is 59.0 Å². The van der Waals surface area contributed by atoms with E-state index in [0.29, 0.717) is 29.0 Å². The molecule has 1 saturated carbocycles. The van der Waals surface area contributed by atoms with Gasteiger partial charge in [-0.05, 0) is 69.2 Å². The van der Waals surface area contributed by atoms with E-state index in [1.807, 2.05) is 67.5 Å². The number of aromatic nitrogens is 2. The second kappa shape index (κ2) is 11.2. The van der Waals surface area contributed by atoms with E-state index in [9.17, 15) is 4.79 Å². The van der Waals surface area contributed by atoms with E-state index in [0.717, 1.165) is 64.0 Å². The fourth-order valence-electron chi connectivity index (χ4n) is 5.11. The van der Waals surface area contributed by atoms with Gasteiger partial charge in [0.2, 0.25) is 0 Å². The van der Waals surface area contributed by atoms with Crippen LogP contribution in [-0.2, 0) is 6.54 Å². The molecule has 1 fully saturated rings. The Labute approximate surface area is 227 Å². The average Bonchev–Trinajstić information content (AvgIpc) is 3.25. The topological polar surface area (TPSA) is 55.3 Å². The number of benzene rings is 2. The van der Waals surface area contributed by atoms with E-state index >= 15 is 0 Å². The lowest BCUT2D eigenvalue weighted by Gasteiger charge is -2.36. The lowest BCUT2D eigenvalue weighted by molar-refractivity contribution is 0.0596. The predicted octanol–water partition coefficient (Wildman–Crippen LogP) is 7.94. The lowest BCUT2D eigenvalue weighted by Crippen LogP contribution is -2.41. The molecular weight excluding hydrogens is 502 g/mol. The Morgan fingerprint density at radius 1 is 1.08 bits per heavy atom. The van der Waals surface area contributed by atoms with Gasteiger partial charge in [-0.3, -0.25) is 4.79 Å². The quantitative estimate of drug-likeness (QED) is 0.242. The lowest BCUT2D eigenvalue weighted by atomic mass is 9.86. The number of nitrogens with zero attached hydrogens (tertiary/aromatic N) is 3. The van der Waals surface area contributed by atoms with Crippen LogP contribution in [0.25, 0.3) is 21.2 Å². The van der Waals surface area contributed by atoms with E-state index in [2.05, 4.69) is 23.0 Å². The molecule has 0 saturated heterocycles. The third kappa shape index (κ3) is 5.51. The van der Waals surface area contributed by atoms with Gasteiger partial charge in [-0.2, -0.15) is 0 Å². The van der Waals surface area contributed by atoms with Crippen molar-refractivity contribution in [2.75, 3.05) is 6.61 Å². The van der Waals surface area contributed by atoms with Gasteiger partial charge in [-0.1, -0.05) is 42.8 Å². The van der Waals surface area contributed by atoms with Crippen LogP contribution in [0.4, 0.5) is 0 Å². The SMILES string of the molecule is CCOc1ccc(-c2cnc(C)nc2)cc1CN(C(=O)c1sc2ccccc2c1Cl)C1CCC(C)CC1. The number of hydrogen-bond donors (Lipinski definition) is 0. The van der Waals surface area contributed by atoms with Crippen LogP contribution in [0, 0.1) is 12.8 Å². The van der Waals surface area contributed by atoms with Crippen molar-refractivity contribution in [3.63, 3.8) is 0 Å². The first-order chi connectivity index (χ1) is 17.9. The van der Waals surface area contributed by atoms with Gasteiger partial charge in [0.1, 0.15) is 16.5 Å². The molecule has 2 aromatic carbocycles. The van der Waals surface area contributed by atoms with E-state index in [4.69, 9.17) is 16.3 Å². The number of fused-ring (bicyclic) bond motifs is 1. The zero-order valence-corrected chi connectivity index (χ0v) is 23.1. The molecule has 0 bridgehead atoms. The maximum Gasteiger partial charge on any atom is 0.266 e. The molecule has 0 N–H and O–H groups in total. The highest BCUT2D eigenvalue weighted by molar-refractivity contribution is 7.21. The van der Waals surface area contributed by atoms with Gasteiger partial charge in [0, 0.05) is 46.2 Å². The van der Waals surface area contributed by atoms with E-state index < -0.39 is 0 Å². The van der Waals surface area contributed by atoms with Gasteiger partial charge in [0.25, 0.3) is 5.91 Å². The molecule has 2 aromatic heterocycles. The summed E-state index contributed by atoms with van der Waals surface area (Å²) < 4.78 is 7.05. The number of halogens is 1. The normalized spacial score (nSPS) is 17.6. The zero-order chi connectivity index (χ0) is 25.9. The van der Waals surface area contributed by atoms with Crippen LogP contribution in [0.2, 0.25) is 5.02 Å². The summed E-state index contributed by atoms with van der Waals surface area (Å²) in [5.74, 6) is 2.21. The minimum absolute atomic E-state index is 0.00252. The highest BCUT2D eigenvalue weighted by Gasteiger charge is 2.31. The molecule has 0 aliphatic heterocycles. The second-order valence-electron chi connectivity index (χ2n) is 9.86. The van der Waals surface area contributed by atoms with E-state index in [1.165, 1.54) is 11.3 Å². The molecule has 7 heteroatoms. The Balaban J connectivity index is 1.54. The summed E-state index contributed by atoms with van der Waals surface area (Å²) in [5.41, 5.74) is 2.92. The van der Waals surface area contributed by atoms with Crippen molar-refractivity contribution in [3.8, 4) is 16.9 Å². The average molecular weight is 534 g/mol. The van der Waals surface area contributed by atoms with Crippen LogP contribution in [0.15, 0.2) is 54.9 Å². The predicted molar refractivity (Wildman–Crippen MR) is 152 cm³/mol. The minimum Gasteiger partial charge on any atom is -0.494 e. The number of carbonyl (C=O) groups is 1. The first kappa shape index (κ1) is 25.7. The summed E-state index contributed by atoms with van der Waals surface area (Å²) in [4.78, 5) is 25.6. The van der Waals surface area contributed by atoms with E-state index in [1.54, 1.807) is 0 Å². The minimum atomic E-state index is -0.00252. The first-order valence-corrected chi connectivity index (χ1v) is 14.2. The third-order valence-electron chi connectivity index (χ3n) is 7.23. The van der Waals surface area contributed by atoms with Crippen LogP contribution < -0.4 is 4.74 Å². The van der Waals surface area contributed by atoms with Crippen molar-refractivity contribution in [3.05, 3.63) is 76.1 Å². The maximum atomic E-state index is 14.2. The number of carbonyl (C=O) groups excluding carboxylic acids is 1. The summed E-state index contributed by atoms with van der Waals surface area (Å²) in [6, 6.07) is 14.2. The first-order valence-electron chi connectivity index (χ1n) is 13.0. The molecule has 0 radical (unpaired) electrons. The zero-order valence-electron chi connectivity index (χ0n) is 21.5. The van der Waals surface area contributed by atoms with Gasteiger partial charge in [0.15, 0.2) is 0 Å². The number of ether oxygens (including phenoxy) is 1. The second-order valence-corrected chi connectivity index (χ2v) is 11.3. The van der Waals surface area contributed by atoms with Crippen molar-refractivity contribution >= 4 is 38.9 Å². The van der Waals surface area contributed by atoms with E-state index in [-0.39, 0.29) is 11.9 Å². The van der Waals surface area contributed by atoms with Gasteiger partial charge in [-0.25, -0.2) is 9.97 Å². The molecule has 4 aromatic rings. The molecule has 5 nitrogen and oxygen atoms in total. The van der Waals surface area contributed by atoms with Crippen molar-refractivity contribution in [1.82, 2.24) is 14.9 Å². The van der Waals surface area contributed by atoms with Crippen molar-refractivity contribution in [2.24, 2.45) is 5.92 Å². The summed E-state index contributed by atoms with van der Waals surface area (Å²) in [5, 5.41) is 1.49. The molecular formula is C30H32ClN3O2S. The van der Waals surface area contributed by atoms with Crippen molar-refractivity contribution in [1.29, 1.82) is 0 Å². The number of thiophene rings is 1. The molecule has 37 heavy (non-hydrogen) atoms. The molecule has 1 aliphatic carbocycles. The molecule has 192 valence electrons. The van der Waals surface area contributed by atoms with Gasteiger partial charge in [-0.15, -0.1) is 11.3 Å². The highest BCUT2D eigenvalue weighted by atomic mass is 35.5. The summed E-state index contributed by atoms with van der Waals surface area (Å²) in [6.07, 6.45) is 7.89. The molecule has 1 aliphatic rings. The highest BCUT2D eigenvalue weighted by Crippen LogP contribution is 2.38. The van der Waals surface area contributed by atoms with Gasteiger partial charge < -0.3 is 9.64 Å². The molecule has 0 spiro atoms. The molecule has 0 unspecified atom stereocenters. The number of rotatable bonds is 7. The van der Waals surface area contributed by atoms with Crippen LogP contribution in [0.3, 0.4) is 0 Å². The Kier molecular flexibility index (Phi) is 7.77. The summed E-state index contributed by atoms with van der Waals surface area (Å²) in [7, 11) is 0. The third-order valence-corrected chi connectivity index (χ3v) is 8.89. The molecule has 0 atom stereocenters. The summed E-state index contributed by atoms with van der Waals surface area (Å²) >= 11 is 8.26. The number of hydrogen-bond acceptors (Lipinski definition) is 5. The van der Waals surface area contributed by atoms with Crippen LogP contribution >= 0.6 is 22.9 Å². The fourth-order valence-corrected chi connectivity index (χ4v) is 6.58. The monoisotopic (exact) mass is 533 g/mol. The molecule has 2 heterocycles. The smallest absolute Gasteiger partial charge is 0.266 e. The largest absolute Gasteiger partial charge is 0.494 e. The van der Waals surface area contributed by atoms with Crippen LogP contribution in [0.1, 0.15) is 60.6 Å². The van der Waals surface area contributed by atoms with Gasteiger partial charge >= 0.3 is 0 Å². The van der Waals surface area contributed by atoms with Crippen LogP contribution in [0.5, 0.6) is 5.75 Å². The molecule has 5 rings (SSSR count). The number of amides is 1. The number of aryl methyl sites for hydroxylation is 1.